The number of benzene rings is 3. The molecule has 0 bridgehead atoms. The molecular weight excluding hydrogens is 493 g/mol. The maximum atomic E-state index is 12.8. The van der Waals surface area contributed by atoms with Crippen LogP contribution in [0, 0.1) is 0 Å². The number of ether oxygens (including phenoxy) is 1. The smallest absolute Gasteiger partial charge is 0.370 e. The lowest BCUT2D eigenvalue weighted by Gasteiger charge is -2.35. The number of sulfone groups is 1. The Balaban J connectivity index is 1.39. The summed E-state index contributed by atoms with van der Waals surface area (Å²) in [7, 11) is -3.31. The Kier molecular flexibility index (Phi) is 7.37. The van der Waals surface area contributed by atoms with Crippen molar-refractivity contribution in [1.82, 2.24) is 0 Å². The molecule has 1 heterocycles. The molecule has 3 aromatic carbocycles. The molecule has 6 nitrogen and oxygen atoms in total. The van der Waals surface area contributed by atoms with E-state index in [0.29, 0.717) is 36.5 Å². The van der Waals surface area contributed by atoms with Crippen molar-refractivity contribution in [1.29, 1.82) is 0 Å². The van der Waals surface area contributed by atoms with Crippen LogP contribution in [0.3, 0.4) is 0 Å². The van der Waals surface area contributed by atoms with Crippen molar-refractivity contribution >= 4 is 27.1 Å². The van der Waals surface area contributed by atoms with E-state index in [1.807, 2.05) is 0 Å². The van der Waals surface area contributed by atoms with Crippen molar-refractivity contribution in [2.24, 2.45) is 0 Å². The number of morpholine rings is 1. The number of nitrogens with zero attached hydrogens (tertiary/aromatic N) is 1. The standard InChI is InChI=1S/C26H25F3N2O4S/c1-2-36(33,34)23-13-9-21(10-14-23)30-25(32)19-5-11-22(12-6-19)31-15-16-35-24(17-31)18-3-7-20(8-4-18)26(27,28)29/h3-14,24H,2,15-17H2,1H3,(H,30,32). The van der Waals surface area contributed by atoms with Crippen molar-refractivity contribution in [2.75, 3.05) is 35.7 Å². The van der Waals surface area contributed by atoms with Gasteiger partial charge < -0.3 is 15.0 Å². The molecular formula is C26H25F3N2O4S. The molecule has 1 amide bonds. The summed E-state index contributed by atoms with van der Waals surface area (Å²) in [6.45, 7) is 3.05. The lowest BCUT2D eigenvalue weighted by atomic mass is 10.0. The first kappa shape index (κ1) is 25.7. The molecule has 0 aliphatic carbocycles. The molecule has 3 aromatic rings. The van der Waals surface area contributed by atoms with Crippen LogP contribution in [-0.2, 0) is 20.8 Å². The number of carbonyl (C=O) groups excluding carboxylic acids is 1. The average Bonchev–Trinajstić information content (AvgIpc) is 2.89. The summed E-state index contributed by atoms with van der Waals surface area (Å²) in [6.07, 6.45) is -4.76. The SMILES string of the molecule is CCS(=O)(=O)c1ccc(NC(=O)c2ccc(N3CCOC(c4ccc(C(F)(F)F)cc4)C3)cc2)cc1. The van der Waals surface area contributed by atoms with Crippen LogP contribution in [-0.4, -0.2) is 39.8 Å². The molecule has 190 valence electrons. The Labute approximate surface area is 207 Å². The second kappa shape index (κ2) is 10.3. The highest BCUT2D eigenvalue weighted by molar-refractivity contribution is 7.91. The lowest BCUT2D eigenvalue weighted by Crippen LogP contribution is -2.38. The van der Waals surface area contributed by atoms with Crippen LogP contribution in [0.2, 0.25) is 0 Å². The average molecular weight is 519 g/mol. The van der Waals surface area contributed by atoms with Gasteiger partial charge in [-0.1, -0.05) is 19.1 Å². The molecule has 1 fully saturated rings. The maximum Gasteiger partial charge on any atom is 0.416 e. The topological polar surface area (TPSA) is 75.7 Å². The molecule has 10 heteroatoms. The summed E-state index contributed by atoms with van der Waals surface area (Å²) < 4.78 is 68.2. The predicted octanol–water partition coefficient (Wildman–Crippen LogP) is 5.33. The largest absolute Gasteiger partial charge is 0.416 e. The van der Waals surface area contributed by atoms with E-state index in [2.05, 4.69) is 10.2 Å². The number of hydrogen-bond acceptors (Lipinski definition) is 5. The quantitative estimate of drug-likeness (QED) is 0.478. The molecule has 1 aliphatic heterocycles. The zero-order chi connectivity index (χ0) is 25.9. The van der Waals surface area contributed by atoms with Crippen LogP contribution in [0.15, 0.2) is 77.7 Å². The maximum absolute atomic E-state index is 12.8. The van der Waals surface area contributed by atoms with Gasteiger partial charge in [-0.2, -0.15) is 13.2 Å². The number of amides is 1. The number of rotatable bonds is 6. The summed E-state index contributed by atoms with van der Waals surface area (Å²) >= 11 is 0. The number of carbonyl (C=O) groups is 1. The van der Waals surface area contributed by atoms with Crippen molar-refractivity contribution < 1.29 is 31.1 Å². The van der Waals surface area contributed by atoms with E-state index in [-0.39, 0.29) is 22.7 Å². The van der Waals surface area contributed by atoms with Crippen LogP contribution in [0.1, 0.15) is 34.5 Å². The summed E-state index contributed by atoms with van der Waals surface area (Å²) in [5.41, 5.74) is 1.74. The Bertz CT molecular complexity index is 1310. The van der Waals surface area contributed by atoms with Gasteiger partial charge in [0, 0.05) is 30.0 Å². The van der Waals surface area contributed by atoms with Gasteiger partial charge in [0.2, 0.25) is 0 Å². The fourth-order valence-corrected chi connectivity index (χ4v) is 4.80. The van der Waals surface area contributed by atoms with E-state index in [9.17, 15) is 26.4 Å². The van der Waals surface area contributed by atoms with E-state index in [4.69, 9.17) is 4.74 Å². The third-order valence-corrected chi connectivity index (χ3v) is 7.77. The van der Waals surface area contributed by atoms with Gasteiger partial charge in [-0.3, -0.25) is 4.79 Å². The van der Waals surface area contributed by atoms with E-state index >= 15 is 0 Å². The van der Waals surface area contributed by atoms with Crippen molar-refractivity contribution in [3.05, 3.63) is 89.5 Å². The normalized spacial score (nSPS) is 16.6. The Morgan fingerprint density at radius 2 is 1.64 bits per heavy atom. The Morgan fingerprint density at radius 3 is 2.22 bits per heavy atom. The van der Waals surface area contributed by atoms with Gasteiger partial charge in [0.15, 0.2) is 9.84 Å². The minimum Gasteiger partial charge on any atom is -0.370 e. The molecule has 1 atom stereocenters. The first-order valence-electron chi connectivity index (χ1n) is 11.3. The second-order valence-electron chi connectivity index (χ2n) is 8.35. The Morgan fingerprint density at radius 1 is 1.00 bits per heavy atom. The summed E-state index contributed by atoms with van der Waals surface area (Å²) in [5.74, 6) is -0.337. The number of hydrogen-bond donors (Lipinski definition) is 1. The zero-order valence-electron chi connectivity index (χ0n) is 19.5. The van der Waals surface area contributed by atoms with Crippen LogP contribution < -0.4 is 10.2 Å². The Hall–Kier alpha value is -3.37. The van der Waals surface area contributed by atoms with Gasteiger partial charge in [0.25, 0.3) is 5.91 Å². The molecule has 0 aromatic heterocycles. The highest BCUT2D eigenvalue weighted by Gasteiger charge is 2.31. The highest BCUT2D eigenvalue weighted by Crippen LogP contribution is 2.32. The van der Waals surface area contributed by atoms with Crippen molar-refractivity contribution in [3.63, 3.8) is 0 Å². The molecule has 0 spiro atoms. The van der Waals surface area contributed by atoms with Gasteiger partial charge in [-0.15, -0.1) is 0 Å². The van der Waals surface area contributed by atoms with E-state index < -0.39 is 21.6 Å². The van der Waals surface area contributed by atoms with Gasteiger partial charge in [-0.05, 0) is 66.2 Å². The molecule has 1 aliphatic rings. The summed E-state index contributed by atoms with van der Waals surface area (Å²) in [6, 6.07) is 18.0. The van der Waals surface area contributed by atoms with Crippen LogP contribution in [0.5, 0.6) is 0 Å². The molecule has 4 rings (SSSR count). The molecule has 0 radical (unpaired) electrons. The fourth-order valence-electron chi connectivity index (χ4n) is 3.91. The number of nitrogens with one attached hydrogen (secondary N) is 1. The minimum absolute atomic E-state index is 0.000712. The zero-order valence-corrected chi connectivity index (χ0v) is 20.3. The summed E-state index contributed by atoms with van der Waals surface area (Å²) in [5, 5.41) is 2.75. The fraction of sp³-hybridized carbons (Fsp3) is 0.269. The summed E-state index contributed by atoms with van der Waals surface area (Å²) in [4.78, 5) is 14.9. The van der Waals surface area contributed by atoms with E-state index in [1.165, 1.54) is 24.3 Å². The number of anilines is 2. The number of halogens is 3. The monoisotopic (exact) mass is 518 g/mol. The van der Waals surface area contributed by atoms with Crippen LogP contribution in [0.4, 0.5) is 24.5 Å². The van der Waals surface area contributed by atoms with Crippen LogP contribution >= 0.6 is 0 Å². The van der Waals surface area contributed by atoms with Gasteiger partial charge in [0.05, 0.1) is 22.8 Å². The first-order chi connectivity index (χ1) is 17.1. The first-order valence-corrected chi connectivity index (χ1v) is 13.0. The second-order valence-corrected chi connectivity index (χ2v) is 10.6. The van der Waals surface area contributed by atoms with Crippen molar-refractivity contribution in [2.45, 2.75) is 24.1 Å². The molecule has 1 N–H and O–H groups in total. The predicted molar refractivity (Wildman–Crippen MR) is 131 cm³/mol. The third kappa shape index (κ3) is 5.88. The van der Waals surface area contributed by atoms with E-state index in [1.54, 1.807) is 43.3 Å². The molecule has 1 saturated heterocycles. The van der Waals surface area contributed by atoms with Gasteiger partial charge >= 0.3 is 6.18 Å². The third-order valence-electron chi connectivity index (χ3n) is 6.02. The minimum atomic E-state index is -4.38. The molecule has 0 saturated carbocycles. The lowest BCUT2D eigenvalue weighted by molar-refractivity contribution is -0.137. The van der Waals surface area contributed by atoms with E-state index in [0.717, 1.165) is 17.8 Å². The van der Waals surface area contributed by atoms with Crippen LogP contribution in [0.25, 0.3) is 0 Å². The van der Waals surface area contributed by atoms with Crippen molar-refractivity contribution in [3.8, 4) is 0 Å². The molecule has 1 unspecified atom stereocenters. The van der Waals surface area contributed by atoms with Gasteiger partial charge in [-0.25, -0.2) is 8.42 Å². The number of alkyl halides is 3. The van der Waals surface area contributed by atoms with Gasteiger partial charge in [0.1, 0.15) is 6.10 Å². The molecule has 36 heavy (non-hydrogen) atoms. The highest BCUT2D eigenvalue weighted by atomic mass is 32.2.